The maximum Gasteiger partial charge on any atom is 0.123 e. The number of nitrogens with zero attached hydrogens (tertiary/aromatic N) is 1. The summed E-state index contributed by atoms with van der Waals surface area (Å²) in [6, 6.07) is 8.61. The van der Waals surface area contributed by atoms with Crippen LogP contribution in [0.4, 0.5) is 4.39 Å². The molecule has 2 nitrogen and oxygen atoms in total. The van der Waals surface area contributed by atoms with Crippen LogP contribution in [0.15, 0.2) is 24.3 Å². The van der Waals surface area contributed by atoms with Gasteiger partial charge in [-0.2, -0.15) is 5.26 Å². The minimum Gasteiger partial charge on any atom is -0.388 e. The second-order valence-electron chi connectivity index (χ2n) is 5.84. The highest BCUT2D eigenvalue weighted by atomic mass is 19.1. The molecule has 1 N–H and O–H groups in total. The molecule has 19 heavy (non-hydrogen) atoms. The Labute approximate surface area is 113 Å². The molecule has 3 heteroatoms. The summed E-state index contributed by atoms with van der Waals surface area (Å²) >= 11 is 0. The second-order valence-corrected chi connectivity index (χ2v) is 5.84. The first-order valence-electron chi connectivity index (χ1n) is 6.87. The van der Waals surface area contributed by atoms with Crippen LogP contribution in [-0.4, -0.2) is 10.7 Å². The number of nitriles is 1. The van der Waals surface area contributed by atoms with Crippen molar-refractivity contribution in [3.05, 3.63) is 35.6 Å². The zero-order valence-electron chi connectivity index (χ0n) is 11.3. The van der Waals surface area contributed by atoms with Gasteiger partial charge in [0.05, 0.1) is 17.1 Å². The summed E-state index contributed by atoms with van der Waals surface area (Å²) in [5.41, 5.74) is -1.07. The van der Waals surface area contributed by atoms with Crippen molar-refractivity contribution in [3.63, 3.8) is 0 Å². The zero-order valence-corrected chi connectivity index (χ0v) is 11.3. The first-order valence-corrected chi connectivity index (χ1v) is 6.87. The monoisotopic (exact) mass is 261 g/mol. The van der Waals surface area contributed by atoms with E-state index in [0.717, 1.165) is 37.7 Å². The summed E-state index contributed by atoms with van der Waals surface area (Å²) in [5, 5.41) is 20.3. The molecule has 1 aromatic carbocycles. The van der Waals surface area contributed by atoms with Crippen molar-refractivity contribution in [2.75, 3.05) is 0 Å². The van der Waals surface area contributed by atoms with Gasteiger partial charge < -0.3 is 5.11 Å². The summed E-state index contributed by atoms with van der Waals surface area (Å²) in [5.74, 6) is -0.303. The lowest BCUT2D eigenvalue weighted by molar-refractivity contribution is -0.0569. The van der Waals surface area contributed by atoms with Crippen LogP contribution in [0.25, 0.3) is 0 Å². The average molecular weight is 261 g/mol. The van der Waals surface area contributed by atoms with Crippen molar-refractivity contribution < 1.29 is 9.50 Å². The number of rotatable bonds is 3. The summed E-state index contributed by atoms with van der Waals surface area (Å²) < 4.78 is 13.2. The molecule has 2 rings (SSSR count). The Hall–Kier alpha value is -1.40. The zero-order chi connectivity index (χ0) is 13.9. The van der Waals surface area contributed by atoms with Gasteiger partial charge in [-0.15, -0.1) is 0 Å². The average Bonchev–Trinajstić information content (AvgIpc) is 2.39. The molecule has 1 saturated carbocycles. The van der Waals surface area contributed by atoms with Crippen LogP contribution in [0, 0.1) is 22.6 Å². The van der Waals surface area contributed by atoms with Crippen molar-refractivity contribution >= 4 is 0 Å². The van der Waals surface area contributed by atoms with Gasteiger partial charge in [-0.3, -0.25) is 0 Å². The number of hydrogen-bond acceptors (Lipinski definition) is 2. The SMILES string of the molecule is CC(O)(Cc1cccc(F)c1)C1(C#N)CCCCC1. The normalized spacial score (nSPS) is 21.4. The Morgan fingerprint density at radius 1 is 1.37 bits per heavy atom. The van der Waals surface area contributed by atoms with E-state index in [9.17, 15) is 14.8 Å². The molecular weight excluding hydrogens is 241 g/mol. The number of hydrogen-bond donors (Lipinski definition) is 1. The maximum atomic E-state index is 13.2. The molecule has 0 radical (unpaired) electrons. The predicted octanol–water partition coefficient (Wildman–Crippen LogP) is 3.59. The summed E-state index contributed by atoms with van der Waals surface area (Å²) in [6.07, 6.45) is 4.86. The van der Waals surface area contributed by atoms with Gasteiger partial charge in [0.1, 0.15) is 5.82 Å². The number of aliphatic hydroxyl groups is 1. The maximum absolute atomic E-state index is 13.2. The van der Waals surface area contributed by atoms with E-state index in [2.05, 4.69) is 6.07 Å². The van der Waals surface area contributed by atoms with Gasteiger partial charge in [0.15, 0.2) is 0 Å². The lowest BCUT2D eigenvalue weighted by Gasteiger charge is -2.43. The van der Waals surface area contributed by atoms with Crippen LogP contribution in [0.3, 0.4) is 0 Å². The molecular formula is C16H20FNO. The third-order valence-corrected chi connectivity index (χ3v) is 4.39. The van der Waals surface area contributed by atoms with E-state index in [1.165, 1.54) is 12.1 Å². The van der Waals surface area contributed by atoms with Crippen LogP contribution in [0.2, 0.25) is 0 Å². The van der Waals surface area contributed by atoms with E-state index in [4.69, 9.17) is 0 Å². The summed E-state index contributed by atoms with van der Waals surface area (Å²) in [6.45, 7) is 1.71. The molecule has 0 saturated heterocycles. The van der Waals surface area contributed by atoms with Crippen LogP contribution in [0.1, 0.15) is 44.6 Å². The van der Waals surface area contributed by atoms with Gasteiger partial charge in [0.2, 0.25) is 0 Å². The second kappa shape index (κ2) is 5.30. The van der Waals surface area contributed by atoms with Crippen molar-refractivity contribution in [2.45, 2.75) is 51.0 Å². The van der Waals surface area contributed by atoms with Gasteiger partial charge in [0, 0.05) is 6.42 Å². The van der Waals surface area contributed by atoms with Crippen molar-refractivity contribution in [1.82, 2.24) is 0 Å². The van der Waals surface area contributed by atoms with Gasteiger partial charge in [-0.05, 0) is 37.5 Å². The highest BCUT2D eigenvalue weighted by Crippen LogP contribution is 2.45. The molecule has 1 aliphatic rings. The van der Waals surface area contributed by atoms with Crippen molar-refractivity contribution in [1.29, 1.82) is 5.26 Å². The van der Waals surface area contributed by atoms with Gasteiger partial charge in [-0.25, -0.2) is 4.39 Å². The Morgan fingerprint density at radius 2 is 2.05 bits per heavy atom. The van der Waals surface area contributed by atoms with E-state index in [1.807, 2.05) is 0 Å². The molecule has 0 aliphatic heterocycles. The van der Waals surface area contributed by atoms with Crippen LogP contribution in [0.5, 0.6) is 0 Å². The third-order valence-electron chi connectivity index (χ3n) is 4.39. The Balaban J connectivity index is 2.23. The Kier molecular flexibility index (Phi) is 3.91. The third kappa shape index (κ3) is 2.79. The lowest BCUT2D eigenvalue weighted by atomic mass is 9.63. The standard InChI is InChI=1S/C16H20FNO/c1-15(19,11-13-6-5-7-14(17)10-13)16(12-18)8-3-2-4-9-16/h5-7,10,19H,2-4,8-9,11H2,1H3. The smallest absolute Gasteiger partial charge is 0.123 e. The largest absolute Gasteiger partial charge is 0.388 e. The highest BCUT2D eigenvalue weighted by molar-refractivity contribution is 5.22. The van der Waals surface area contributed by atoms with Crippen LogP contribution in [-0.2, 0) is 6.42 Å². The molecule has 0 bridgehead atoms. The number of benzene rings is 1. The van der Waals surface area contributed by atoms with Gasteiger partial charge >= 0.3 is 0 Å². The quantitative estimate of drug-likeness (QED) is 0.903. The Morgan fingerprint density at radius 3 is 2.63 bits per heavy atom. The topological polar surface area (TPSA) is 44.0 Å². The molecule has 1 atom stereocenters. The van der Waals surface area contributed by atoms with Crippen molar-refractivity contribution in [2.24, 2.45) is 5.41 Å². The van der Waals surface area contributed by atoms with Gasteiger partial charge in [0.25, 0.3) is 0 Å². The van der Waals surface area contributed by atoms with Gasteiger partial charge in [-0.1, -0.05) is 31.4 Å². The van der Waals surface area contributed by atoms with E-state index in [-0.39, 0.29) is 5.82 Å². The minimum atomic E-state index is -1.12. The first-order chi connectivity index (χ1) is 8.99. The molecule has 1 aromatic rings. The minimum absolute atomic E-state index is 0.303. The van der Waals surface area contributed by atoms with E-state index < -0.39 is 11.0 Å². The fourth-order valence-corrected chi connectivity index (χ4v) is 3.14. The predicted molar refractivity (Wildman–Crippen MR) is 71.9 cm³/mol. The molecule has 0 aromatic heterocycles. The Bertz CT molecular complexity index is 484. The molecule has 102 valence electrons. The molecule has 1 aliphatic carbocycles. The molecule has 0 spiro atoms. The molecule has 1 unspecified atom stereocenters. The fraction of sp³-hybridized carbons (Fsp3) is 0.562. The summed E-state index contributed by atoms with van der Waals surface area (Å²) in [7, 11) is 0. The number of halogens is 1. The molecule has 0 heterocycles. The highest BCUT2D eigenvalue weighted by Gasteiger charge is 2.47. The van der Waals surface area contributed by atoms with Crippen LogP contribution < -0.4 is 0 Å². The fourth-order valence-electron chi connectivity index (χ4n) is 3.14. The molecule has 0 amide bonds. The van der Waals surface area contributed by atoms with Crippen molar-refractivity contribution in [3.8, 4) is 6.07 Å². The summed E-state index contributed by atoms with van der Waals surface area (Å²) in [4.78, 5) is 0. The lowest BCUT2D eigenvalue weighted by Crippen LogP contribution is -2.48. The van der Waals surface area contributed by atoms with Crippen LogP contribution >= 0.6 is 0 Å². The van der Waals surface area contributed by atoms with E-state index in [1.54, 1.807) is 19.1 Å². The molecule has 1 fully saturated rings. The van der Waals surface area contributed by atoms with E-state index in [0.29, 0.717) is 6.42 Å². The van der Waals surface area contributed by atoms with E-state index >= 15 is 0 Å². The first kappa shape index (κ1) is 14.0.